The van der Waals surface area contributed by atoms with Crippen LogP contribution in [0.25, 0.3) is 0 Å². The van der Waals surface area contributed by atoms with E-state index in [9.17, 15) is 0 Å². The molecule has 0 spiro atoms. The summed E-state index contributed by atoms with van der Waals surface area (Å²) in [6.45, 7) is 0. The van der Waals surface area contributed by atoms with Gasteiger partial charge < -0.3 is 34.0 Å². The van der Waals surface area contributed by atoms with Crippen molar-refractivity contribution in [2.45, 2.75) is 0 Å². The summed E-state index contributed by atoms with van der Waals surface area (Å²) < 4.78 is 0. The Hall–Kier alpha value is 0.806. The van der Waals surface area contributed by atoms with Gasteiger partial charge >= 0.3 is 23.1 Å². The minimum Gasteiger partial charge on any atom is -1.00 e. The van der Waals surface area contributed by atoms with Crippen LogP contribution < -0.4 is 34.0 Å². The molecule has 46 valence electrons. The van der Waals surface area contributed by atoms with E-state index in [0.717, 1.165) is 0 Å². The maximum atomic E-state index is 3.72. The monoisotopic (exact) mass is 262 g/mol. The van der Waals surface area contributed by atoms with Gasteiger partial charge in [-0.15, -0.1) is 0 Å². The molecule has 0 aliphatic rings. The van der Waals surface area contributed by atoms with Crippen molar-refractivity contribution in [3.8, 4) is 0 Å². The zero-order valence-corrected chi connectivity index (χ0v) is 9.25. The summed E-state index contributed by atoms with van der Waals surface area (Å²) in [5.41, 5.74) is 0. The number of hydrogen-bond donors (Lipinski definition) is 0. The van der Waals surface area contributed by atoms with Crippen molar-refractivity contribution < 1.29 is 34.0 Å². The summed E-state index contributed by atoms with van der Waals surface area (Å²) in [7, 11) is 0. The Morgan fingerprint density at radius 1 is 0.667 bits per heavy atom. The van der Waals surface area contributed by atoms with Gasteiger partial charge in [0.05, 0.1) is 0 Å². The molecule has 9 heavy (non-hydrogen) atoms. The molecule has 0 bridgehead atoms. The molecule has 0 amide bonds. The first-order valence-corrected chi connectivity index (χ1v) is 1.70. The molecule has 1 heterocycles. The van der Waals surface area contributed by atoms with E-state index >= 15 is 0 Å². The van der Waals surface area contributed by atoms with Crippen molar-refractivity contribution in [1.29, 1.82) is 0 Å². The molecule has 0 fully saturated rings. The Balaban J connectivity index is -0.000000120. The van der Waals surface area contributed by atoms with Gasteiger partial charge in [-0.05, 0) is 0 Å². The first-order valence-electron chi connectivity index (χ1n) is 1.70. The molecule has 1 rings (SSSR count). The van der Waals surface area contributed by atoms with Crippen LogP contribution in [0.15, 0.2) is 24.8 Å². The summed E-state index contributed by atoms with van der Waals surface area (Å²) in [6.07, 6.45) is 6.56. The van der Waals surface area contributed by atoms with Crippen LogP contribution in [0.5, 0.6) is 0 Å². The van der Waals surface area contributed by atoms with Crippen molar-refractivity contribution in [3.63, 3.8) is 0 Å². The second-order valence-corrected chi connectivity index (χ2v) is 0.894. The third-order valence-corrected chi connectivity index (χ3v) is 0.478. The van der Waals surface area contributed by atoms with Gasteiger partial charge in [-0.2, -0.15) is 0 Å². The van der Waals surface area contributed by atoms with E-state index in [1.165, 1.54) is 0 Å². The fourth-order valence-corrected chi connectivity index (χ4v) is 0.253. The van der Waals surface area contributed by atoms with E-state index in [1.54, 1.807) is 24.8 Å². The van der Waals surface area contributed by atoms with E-state index in [-0.39, 0.29) is 57.0 Å². The van der Waals surface area contributed by atoms with Crippen LogP contribution in [0.4, 0.5) is 0 Å². The molecule has 1 aromatic rings. The van der Waals surface area contributed by atoms with Gasteiger partial charge in [-0.25, -0.2) is 0 Å². The van der Waals surface area contributed by atoms with E-state index in [1.807, 2.05) is 0 Å². The Morgan fingerprint density at radius 2 is 0.889 bits per heavy atom. The summed E-state index contributed by atoms with van der Waals surface area (Å²) in [5.74, 6) is 0. The fourth-order valence-electron chi connectivity index (χ4n) is 0.253. The SMILES string of the molecule is [Br-].[Br-].[Mg+2].c1cnccn1. The third kappa shape index (κ3) is 8.81. The summed E-state index contributed by atoms with van der Waals surface area (Å²) in [6, 6.07) is 0. The van der Waals surface area contributed by atoms with E-state index in [0.29, 0.717) is 0 Å². The second kappa shape index (κ2) is 11.6. The van der Waals surface area contributed by atoms with Crippen molar-refractivity contribution in [2.75, 3.05) is 0 Å². The normalized spacial score (nSPS) is 5.33. The molecule has 1 aromatic heterocycles. The van der Waals surface area contributed by atoms with Gasteiger partial charge in [0.1, 0.15) is 0 Å². The van der Waals surface area contributed by atoms with Gasteiger partial charge in [-0.3, -0.25) is 9.97 Å². The molecule has 5 heteroatoms. The minimum absolute atomic E-state index is 0. The van der Waals surface area contributed by atoms with E-state index in [2.05, 4.69) is 9.97 Å². The van der Waals surface area contributed by atoms with Crippen molar-refractivity contribution in [1.82, 2.24) is 9.97 Å². The van der Waals surface area contributed by atoms with Crippen LogP contribution in [0, 0.1) is 0 Å². The molecule has 0 N–H and O–H groups in total. The Morgan fingerprint density at radius 3 is 1.00 bits per heavy atom. The maximum absolute atomic E-state index is 3.72. The molecule has 0 unspecified atom stereocenters. The molecule has 0 saturated carbocycles. The van der Waals surface area contributed by atoms with E-state index in [4.69, 9.17) is 0 Å². The van der Waals surface area contributed by atoms with Crippen molar-refractivity contribution in [2.24, 2.45) is 0 Å². The minimum atomic E-state index is 0. The van der Waals surface area contributed by atoms with Crippen molar-refractivity contribution >= 4 is 23.1 Å². The summed E-state index contributed by atoms with van der Waals surface area (Å²) in [4.78, 5) is 7.44. The summed E-state index contributed by atoms with van der Waals surface area (Å²) in [5, 5.41) is 0. The van der Waals surface area contributed by atoms with Crippen LogP contribution in [0.2, 0.25) is 0 Å². The number of rotatable bonds is 0. The largest absolute Gasteiger partial charge is 2.00 e. The first-order chi connectivity index (χ1) is 3.00. The molecule has 0 saturated heterocycles. The second-order valence-electron chi connectivity index (χ2n) is 0.894. The van der Waals surface area contributed by atoms with Crippen LogP contribution in [-0.2, 0) is 0 Å². The average molecular weight is 264 g/mol. The standard InChI is InChI=1S/C4H4N2.2BrH.Mg/c1-2-6-4-3-5-1;;;/h1-4H;2*1H;/q;;;+2/p-2. The molecule has 0 aliphatic carbocycles. The topological polar surface area (TPSA) is 25.8 Å². The third-order valence-electron chi connectivity index (χ3n) is 0.478. The molecule has 0 atom stereocenters. The van der Waals surface area contributed by atoms with Gasteiger partial charge in [0.15, 0.2) is 0 Å². The molecule has 0 aliphatic heterocycles. The fraction of sp³-hybridized carbons (Fsp3) is 0. The van der Waals surface area contributed by atoms with Gasteiger partial charge in [-0.1, -0.05) is 0 Å². The predicted octanol–water partition coefficient (Wildman–Crippen LogP) is -5.90. The van der Waals surface area contributed by atoms with Crippen LogP contribution in [0.1, 0.15) is 0 Å². The number of aromatic nitrogens is 2. The zero-order valence-electron chi connectivity index (χ0n) is 4.67. The van der Waals surface area contributed by atoms with Crippen LogP contribution in [0.3, 0.4) is 0 Å². The molecule has 0 aromatic carbocycles. The predicted molar refractivity (Wildman–Crippen MR) is 27.8 cm³/mol. The Labute approximate surface area is 91.2 Å². The quantitative estimate of drug-likeness (QED) is 0.436. The van der Waals surface area contributed by atoms with Crippen LogP contribution in [-0.4, -0.2) is 33.0 Å². The Bertz CT molecular complexity index is 88.5. The average Bonchev–Trinajstić information content (AvgIpc) is 1.72. The Kier molecular flexibility index (Phi) is 21.1. The number of halogens is 2. The molecule has 0 radical (unpaired) electrons. The van der Waals surface area contributed by atoms with Gasteiger partial charge in [0.2, 0.25) is 0 Å². The summed E-state index contributed by atoms with van der Waals surface area (Å²) >= 11 is 0. The smallest absolute Gasteiger partial charge is 1.00 e. The van der Waals surface area contributed by atoms with Gasteiger partial charge in [0, 0.05) is 24.8 Å². The van der Waals surface area contributed by atoms with Gasteiger partial charge in [0.25, 0.3) is 0 Å². The maximum Gasteiger partial charge on any atom is 2.00 e. The molecular weight excluding hydrogens is 260 g/mol. The zero-order chi connectivity index (χ0) is 4.24. The van der Waals surface area contributed by atoms with Crippen molar-refractivity contribution in [3.05, 3.63) is 24.8 Å². The number of hydrogen-bond acceptors (Lipinski definition) is 2. The number of nitrogens with zero attached hydrogens (tertiary/aromatic N) is 2. The first kappa shape index (κ1) is 16.4. The van der Waals surface area contributed by atoms with Crippen LogP contribution >= 0.6 is 0 Å². The molecule has 2 nitrogen and oxygen atoms in total. The molecular formula is C4H4Br2MgN2. The van der Waals surface area contributed by atoms with E-state index < -0.39 is 0 Å².